The largest absolute Gasteiger partial charge is 0.0876 e. The maximum absolute atomic E-state index is 3.47. The van der Waals surface area contributed by atoms with Crippen molar-refractivity contribution in [1.82, 2.24) is 0 Å². The Hall–Kier alpha value is -1.60. The Bertz CT molecular complexity index is 669. The van der Waals surface area contributed by atoms with Gasteiger partial charge in [0.25, 0.3) is 0 Å². The molecule has 0 nitrogen and oxygen atoms in total. The molecule has 0 N–H and O–H groups in total. The standard InChI is InChI=1S/C17H13Br/c18-12-13-5-7-15(8-6-13)17-10-9-14-3-1-2-4-16(14)11-17/h1-11H,12H2. The lowest BCUT2D eigenvalue weighted by atomic mass is 10.0. The first-order valence-corrected chi connectivity index (χ1v) is 7.13. The van der Waals surface area contributed by atoms with Crippen LogP contribution in [0.4, 0.5) is 0 Å². The van der Waals surface area contributed by atoms with Crippen molar-refractivity contribution in [3.8, 4) is 11.1 Å². The van der Waals surface area contributed by atoms with Gasteiger partial charge in [0.1, 0.15) is 0 Å². The van der Waals surface area contributed by atoms with Crippen LogP contribution in [0.1, 0.15) is 5.56 Å². The lowest BCUT2D eigenvalue weighted by Gasteiger charge is -2.05. The predicted molar refractivity (Wildman–Crippen MR) is 82.0 cm³/mol. The monoisotopic (exact) mass is 296 g/mol. The van der Waals surface area contributed by atoms with Crippen LogP contribution in [-0.4, -0.2) is 0 Å². The molecule has 3 aromatic rings. The van der Waals surface area contributed by atoms with Gasteiger partial charge in [-0.05, 0) is 33.5 Å². The molecule has 0 bridgehead atoms. The minimum atomic E-state index is 0.908. The summed E-state index contributed by atoms with van der Waals surface area (Å²) in [6, 6.07) is 23.8. The third kappa shape index (κ3) is 2.19. The number of rotatable bonds is 2. The highest BCUT2D eigenvalue weighted by Gasteiger charge is 1.99. The zero-order chi connectivity index (χ0) is 12.4. The first kappa shape index (κ1) is 11.5. The Balaban J connectivity index is 2.07. The van der Waals surface area contributed by atoms with Gasteiger partial charge in [-0.3, -0.25) is 0 Å². The van der Waals surface area contributed by atoms with Gasteiger partial charge < -0.3 is 0 Å². The van der Waals surface area contributed by atoms with Gasteiger partial charge in [-0.15, -0.1) is 0 Å². The van der Waals surface area contributed by atoms with Gasteiger partial charge in [0.15, 0.2) is 0 Å². The molecular weight excluding hydrogens is 284 g/mol. The average molecular weight is 297 g/mol. The minimum Gasteiger partial charge on any atom is -0.0876 e. The molecule has 1 heteroatoms. The van der Waals surface area contributed by atoms with Gasteiger partial charge >= 0.3 is 0 Å². The lowest BCUT2D eigenvalue weighted by molar-refractivity contribution is 1.44. The van der Waals surface area contributed by atoms with E-state index in [2.05, 4.69) is 82.7 Å². The molecular formula is C17H13Br. The molecule has 88 valence electrons. The molecule has 0 saturated carbocycles. The molecule has 0 aliphatic rings. The highest BCUT2D eigenvalue weighted by atomic mass is 79.9. The van der Waals surface area contributed by atoms with E-state index in [1.807, 2.05) is 0 Å². The second-order valence-electron chi connectivity index (χ2n) is 4.39. The summed E-state index contributed by atoms with van der Waals surface area (Å²) in [6.07, 6.45) is 0. The molecule has 0 radical (unpaired) electrons. The quantitative estimate of drug-likeness (QED) is 0.555. The van der Waals surface area contributed by atoms with E-state index in [4.69, 9.17) is 0 Å². The fraction of sp³-hybridized carbons (Fsp3) is 0.0588. The normalized spacial score (nSPS) is 10.7. The zero-order valence-corrected chi connectivity index (χ0v) is 11.5. The molecule has 0 heterocycles. The van der Waals surface area contributed by atoms with Gasteiger partial charge in [0.2, 0.25) is 0 Å². The second kappa shape index (κ2) is 4.95. The van der Waals surface area contributed by atoms with Crippen molar-refractivity contribution in [2.24, 2.45) is 0 Å². The maximum Gasteiger partial charge on any atom is 0.0283 e. The molecule has 0 amide bonds. The number of alkyl halides is 1. The summed E-state index contributed by atoms with van der Waals surface area (Å²) in [5.74, 6) is 0. The van der Waals surface area contributed by atoms with E-state index in [0.29, 0.717) is 0 Å². The van der Waals surface area contributed by atoms with Gasteiger partial charge in [0.05, 0.1) is 0 Å². The molecule has 0 aliphatic heterocycles. The molecule has 0 atom stereocenters. The Kier molecular flexibility index (Phi) is 3.16. The van der Waals surface area contributed by atoms with Crippen molar-refractivity contribution in [2.45, 2.75) is 5.33 Å². The third-order valence-corrected chi connectivity index (χ3v) is 3.84. The van der Waals surface area contributed by atoms with Gasteiger partial charge in [-0.1, -0.05) is 76.6 Å². The van der Waals surface area contributed by atoms with Gasteiger partial charge in [0, 0.05) is 5.33 Å². The summed E-state index contributed by atoms with van der Waals surface area (Å²) in [4.78, 5) is 0. The minimum absolute atomic E-state index is 0.908. The van der Waals surface area contributed by atoms with Crippen molar-refractivity contribution in [3.05, 3.63) is 72.3 Å². The molecule has 0 fully saturated rings. The van der Waals surface area contributed by atoms with Crippen LogP contribution in [0.3, 0.4) is 0 Å². The SMILES string of the molecule is BrCc1ccc(-c2ccc3ccccc3c2)cc1. The highest BCUT2D eigenvalue weighted by molar-refractivity contribution is 9.08. The fourth-order valence-electron chi connectivity index (χ4n) is 2.16. The summed E-state index contributed by atoms with van der Waals surface area (Å²) in [5, 5.41) is 3.49. The number of hydrogen-bond acceptors (Lipinski definition) is 0. The first-order valence-electron chi connectivity index (χ1n) is 6.01. The smallest absolute Gasteiger partial charge is 0.0283 e. The van der Waals surface area contributed by atoms with E-state index in [0.717, 1.165) is 5.33 Å². The van der Waals surface area contributed by atoms with Crippen molar-refractivity contribution in [3.63, 3.8) is 0 Å². The predicted octanol–water partition coefficient (Wildman–Crippen LogP) is 5.40. The molecule has 18 heavy (non-hydrogen) atoms. The highest BCUT2D eigenvalue weighted by Crippen LogP contribution is 2.25. The molecule has 0 saturated heterocycles. The van der Waals surface area contributed by atoms with Crippen molar-refractivity contribution >= 4 is 26.7 Å². The summed E-state index contributed by atoms with van der Waals surface area (Å²) >= 11 is 3.47. The van der Waals surface area contributed by atoms with Crippen LogP contribution in [0.15, 0.2) is 66.7 Å². The van der Waals surface area contributed by atoms with E-state index in [1.54, 1.807) is 0 Å². The Morgan fingerprint density at radius 3 is 2.06 bits per heavy atom. The maximum atomic E-state index is 3.47. The lowest BCUT2D eigenvalue weighted by Crippen LogP contribution is -1.81. The van der Waals surface area contributed by atoms with Crippen LogP contribution in [-0.2, 0) is 5.33 Å². The van der Waals surface area contributed by atoms with E-state index in [1.165, 1.54) is 27.5 Å². The van der Waals surface area contributed by atoms with E-state index < -0.39 is 0 Å². The van der Waals surface area contributed by atoms with E-state index in [-0.39, 0.29) is 0 Å². The van der Waals surface area contributed by atoms with Crippen molar-refractivity contribution < 1.29 is 0 Å². The first-order chi connectivity index (χ1) is 8.86. The van der Waals surface area contributed by atoms with Gasteiger partial charge in [-0.2, -0.15) is 0 Å². The molecule has 0 unspecified atom stereocenters. The summed E-state index contributed by atoms with van der Waals surface area (Å²) in [5.41, 5.74) is 3.85. The topological polar surface area (TPSA) is 0 Å². The Morgan fingerprint density at radius 1 is 0.667 bits per heavy atom. The molecule has 3 rings (SSSR count). The zero-order valence-electron chi connectivity index (χ0n) is 9.94. The number of hydrogen-bond donors (Lipinski definition) is 0. The van der Waals surface area contributed by atoms with Crippen LogP contribution in [0.5, 0.6) is 0 Å². The summed E-state index contributed by atoms with van der Waals surface area (Å²) in [6.45, 7) is 0. The van der Waals surface area contributed by atoms with Crippen LogP contribution in [0.25, 0.3) is 21.9 Å². The van der Waals surface area contributed by atoms with Crippen LogP contribution in [0.2, 0.25) is 0 Å². The van der Waals surface area contributed by atoms with Crippen LogP contribution in [0, 0.1) is 0 Å². The molecule has 0 spiro atoms. The average Bonchev–Trinajstić information content (AvgIpc) is 2.47. The van der Waals surface area contributed by atoms with Gasteiger partial charge in [-0.25, -0.2) is 0 Å². The van der Waals surface area contributed by atoms with E-state index >= 15 is 0 Å². The molecule has 0 aromatic heterocycles. The number of halogens is 1. The second-order valence-corrected chi connectivity index (χ2v) is 4.95. The van der Waals surface area contributed by atoms with Crippen LogP contribution >= 0.6 is 15.9 Å². The fourth-order valence-corrected chi connectivity index (χ4v) is 2.53. The summed E-state index contributed by atoms with van der Waals surface area (Å²) < 4.78 is 0. The third-order valence-electron chi connectivity index (χ3n) is 3.19. The Morgan fingerprint density at radius 2 is 1.33 bits per heavy atom. The summed E-state index contributed by atoms with van der Waals surface area (Å²) in [7, 11) is 0. The number of benzene rings is 3. The van der Waals surface area contributed by atoms with E-state index in [9.17, 15) is 0 Å². The molecule has 3 aromatic carbocycles. The molecule has 0 aliphatic carbocycles. The van der Waals surface area contributed by atoms with Crippen molar-refractivity contribution in [1.29, 1.82) is 0 Å². The van der Waals surface area contributed by atoms with Crippen molar-refractivity contribution in [2.75, 3.05) is 0 Å². The Labute approximate surface area is 115 Å². The van der Waals surface area contributed by atoms with Crippen LogP contribution < -0.4 is 0 Å². The number of fused-ring (bicyclic) bond motifs is 1.